The Bertz CT molecular complexity index is 1010. The van der Waals surface area contributed by atoms with Gasteiger partial charge >= 0.3 is 12.1 Å². The van der Waals surface area contributed by atoms with Crippen molar-refractivity contribution in [1.29, 1.82) is 0 Å². The highest BCUT2D eigenvalue weighted by atomic mass is 127. The van der Waals surface area contributed by atoms with E-state index in [0.29, 0.717) is 21.3 Å². The smallest absolute Gasteiger partial charge is 0.416 e. The van der Waals surface area contributed by atoms with Crippen LogP contribution in [0.15, 0.2) is 35.4 Å². The second kappa shape index (κ2) is 10.3. The normalized spacial score (nSPS) is 11.4. The van der Waals surface area contributed by atoms with Gasteiger partial charge in [-0.25, -0.2) is 4.79 Å². The fourth-order valence-corrected chi connectivity index (χ4v) is 3.11. The van der Waals surface area contributed by atoms with E-state index in [-0.39, 0.29) is 23.8 Å². The zero-order valence-corrected chi connectivity index (χ0v) is 17.9. The minimum Gasteiger partial charge on any atom is -0.490 e. The van der Waals surface area contributed by atoms with Crippen molar-refractivity contribution in [3.8, 4) is 11.5 Å². The lowest BCUT2D eigenvalue weighted by Gasteiger charge is -2.13. The van der Waals surface area contributed by atoms with Crippen LogP contribution in [0.25, 0.3) is 0 Å². The molecule has 0 fully saturated rings. The van der Waals surface area contributed by atoms with Crippen LogP contribution in [0.5, 0.6) is 11.5 Å². The Hall–Kier alpha value is -3.10. The van der Waals surface area contributed by atoms with Gasteiger partial charge in [0.05, 0.1) is 26.9 Å². The summed E-state index contributed by atoms with van der Waals surface area (Å²) in [5.41, 5.74) is 0.664. The molecule has 13 heteroatoms. The summed E-state index contributed by atoms with van der Waals surface area (Å²) in [5.74, 6) is -0.669. The molecule has 0 amide bonds. The van der Waals surface area contributed by atoms with Crippen LogP contribution in [0, 0.1) is 13.7 Å². The molecule has 0 aliphatic rings. The minimum atomic E-state index is -4.72. The maximum Gasteiger partial charge on any atom is 0.416 e. The number of nitrogens with zero attached hydrogens (tertiary/aromatic N) is 2. The summed E-state index contributed by atoms with van der Waals surface area (Å²) in [5, 5.41) is 23.7. The molecule has 0 aliphatic heterocycles. The van der Waals surface area contributed by atoms with Crippen LogP contribution in [-0.4, -0.2) is 35.4 Å². The molecule has 2 aromatic carbocycles. The highest BCUT2D eigenvalue weighted by Gasteiger charge is 2.33. The summed E-state index contributed by atoms with van der Waals surface area (Å²) < 4.78 is 49.5. The van der Waals surface area contributed by atoms with E-state index < -0.39 is 34.9 Å². The number of anilines is 1. The van der Waals surface area contributed by atoms with Gasteiger partial charge in [0.25, 0.3) is 5.69 Å². The molecule has 2 N–H and O–H groups in total. The van der Waals surface area contributed by atoms with Crippen molar-refractivity contribution in [2.24, 2.45) is 5.10 Å². The lowest BCUT2D eigenvalue weighted by Crippen LogP contribution is -2.11. The number of nitrogens with one attached hydrogen (secondary N) is 1. The molecule has 166 valence electrons. The molecule has 0 saturated heterocycles. The van der Waals surface area contributed by atoms with Crippen molar-refractivity contribution in [2.45, 2.75) is 13.1 Å². The molecule has 0 aliphatic carbocycles. The third kappa shape index (κ3) is 6.70. The predicted octanol–water partition coefficient (Wildman–Crippen LogP) is 4.53. The van der Waals surface area contributed by atoms with Gasteiger partial charge < -0.3 is 14.6 Å². The van der Waals surface area contributed by atoms with Gasteiger partial charge in [-0.1, -0.05) is 0 Å². The van der Waals surface area contributed by atoms with Crippen molar-refractivity contribution in [1.82, 2.24) is 0 Å². The Labute approximate surface area is 187 Å². The molecule has 0 radical (unpaired) electrons. The number of carbonyl (C=O) groups is 1. The van der Waals surface area contributed by atoms with Crippen molar-refractivity contribution >= 4 is 46.1 Å². The summed E-state index contributed by atoms with van der Waals surface area (Å²) in [6.07, 6.45) is -3.45. The number of aliphatic carboxylic acids is 1. The number of nitro groups is 1. The van der Waals surface area contributed by atoms with E-state index in [1.54, 1.807) is 13.0 Å². The monoisotopic (exact) mass is 553 g/mol. The van der Waals surface area contributed by atoms with Crippen LogP contribution >= 0.6 is 22.6 Å². The van der Waals surface area contributed by atoms with E-state index >= 15 is 0 Å². The van der Waals surface area contributed by atoms with Crippen LogP contribution in [0.1, 0.15) is 18.1 Å². The lowest BCUT2D eigenvalue weighted by atomic mass is 10.1. The van der Waals surface area contributed by atoms with Gasteiger partial charge in [-0.05, 0) is 59.3 Å². The topological polar surface area (TPSA) is 123 Å². The third-order valence-electron chi connectivity index (χ3n) is 3.59. The van der Waals surface area contributed by atoms with Crippen molar-refractivity contribution in [3.05, 3.63) is 55.1 Å². The number of carboxylic acid groups (broad SMARTS) is 1. The molecule has 0 saturated carbocycles. The Morgan fingerprint density at radius 1 is 1.32 bits per heavy atom. The van der Waals surface area contributed by atoms with Gasteiger partial charge in [0.2, 0.25) is 0 Å². The summed E-state index contributed by atoms with van der Waals surface area (Å²) >= 11 is 1.91. The highest BCUT2D eigenvalue weighted by molar-refractivity contribution is 14.1. The SMILES string of the molecule is CCOc1cc(/C=N\Nc2ccc(C(F)(F)F)cc2[N+](=O)[O-])cc(I)c1OCC(=O)O. The Morgan fingerprint density at radius 2 is 2.03 bits per heavy atom. The second-order valence-electron chi connectivity index (χ2n) is 5.80. The summed E-state index contributed by atoms with van der Waals surface area (Å²) in [4.78, 5) is 20.9. The maximum atomic E-state index is 12.8. The Morgan fingerprint density at radius 3 is 2.61 bits per heavy atom. The third-order valence-corrected chi connectivity index (χ3v) is 4.39. The first-order valence-corrected chi connectivity index (χ1v) is 9.56. The molecule has 2 rings (SSSR count). The molecule has 2 aromatic rings. The van der Waals surface area contributed by atoms with Crippen LogP contribution in [0.2, 0.25) is 0 Å². The fraction of sp³-hybridized carbons (Fsp3) is 0.222. The van der Waals surface area contributed by atoms with Gasteiger partial charge in [-0.15, -0.1) is 0 Å². The van der Waals surface area contributed by atoms with Gasteiger partial charge in [0.15, 0.2) is 18.1 Å². The van der Waals surface area contributed by atoms with Gasteiger partial charge in [0, 0.05) is 6.07 Å². The number of hydrogen-bond donors (Lipinski definition) is 2. The zero-order valence-electron chi connectivity index (χ0n) is 15.8. The summed E-state index contributed by atoms with van der Waals surface area (Å²) in [6.45, 7) is 1.43. The number of rotatable bonds is 9. The molecule has 0 heterocycles. The quantitative estimate of drug-likeness (QED) is 0.203. The lowest BCUT2D eigenvalue weighted by molar-refractivity contribution is -0.384. The molecule has 31 heavy (non-hydrogen) atoms. The first-order valence-electron chi connectivity index (χ1n) is 8.48. The molecule has 0 atom stereocenters. The van der Waals surface area contributed by atoms with E-state index in [1.807, 2.05) is 22.6 Å². The van der Waals surface area contributed by atoms with E-state index in [2.05, 4.69) is 10.5 Å². The van der Waals surface area contributed by atoms with Crippen LogP contribution in [0.3, 0.4) is 0 Å². The van der Waals surface area contributed by atoms with Gasteiger partial charge in [-0.3, -0.25) is 15.5 Å². The van der Waals surface area contributed by atoms with E-state index in [4.69, 9.17) is 14.6 Å². The molecular weight excluding hydrogens is 538 g/mol. The van der Waals surface area contributed by atoms with Crippen LogP contribution in [0.4, 0.5) is 24.5 Å². The van der Waals surface area contributed by atoms with E-state index in [9.17, 15) is 28.1 Å². The molecule has 9 nitrogen and oxygen atoms in total. The number of hydrogen-bond acceptors (Lipinski definition) is 7. The summed E-state index contributed by atoms with van der Waals surface area (Å²) in [7, 11) is 0. The number of ether oxygens (including phenoxy) is 2. The molecule has 0 aromatic heterocycles. The van der Waals surface area contributed by atoms with Gasteiger partial charge in [-0.2, -0.15) is 18.3 Å². The first kappa shape index (κ1) is 24.2. The fourth-order valence-electron chi connectivity index (χ4n) is 2.33. The van der Waals surface area contributed by atoms with Gasteiger partial charge in [0.1, 0.15) is 5.69 Å². The van der Waals surface area contributed by atoms with Crippen LogP contribution in [-0.2, 0) is 11.0 Å². The number of alkyl halides is 3. The van der Waals surface area contributed by atoms with Crippen molar-refractivity contribution < 1.29 is 37.5 Å². The largest absolute Gasteiger partial charge is 0.490 e. The average molecular weight is 553 g/mol. The number of halogens is 4. The Kier molecular flexibility index (Phi) is 8.01. The Balaban J connectivity index is 2.28. The molecular formula is C18H15F3IN3O6. The zero-order chi connectivity index (χ0) is 23.2. The average Bonchev–Trinajstić information content (AvgIpc) is 2.66. The van der Waals surface area contributed by atoms with Crippen molar-refractivity contribution in [3.63, 3.8) is 0 Å². The molecule has 0 bridgehead atoms. The number of benzene rings is 2. The van der Waals surface area contributed by atoms with Crippen molar-refractivity contribution in [2.75, 3.05) is 18.6 Å². The van der Waals surface area contributed by atoms with Crippen LogP contribution < -0.4 is 14.9 Å². The number of hydrazone groups is 1. The summed E-state index contributed by atoms with van der Waals surface area (Å²) in [6, 6.07) is 5.14. The number of carboxylic acids is 1. The molecule has 0 unspecified atom stereocenters. The number of nitro benzene ring substituents is 1. The molecule has 0 spiro atoms. The van der Waals surface area contributed by atoms with E-state index in [1.165, 1.54) is 12.3 Å². The second-order valence-corrected chi connectivity index (χ2v) is 6.96. The standard InChI is InChI=1S/C18H15F3IN3O6/c1-2-30-15-6-10(5-12(22)17(15)31-9-16(26)27)8-23-24-13-4-3-11(18(19,20)21)7-14(13)25(28)29/h3-8,24H,2,9H2,1H3,(H,26,27)/b23-8-. The predicted molar refractivity (Wildman–Crippen MR) is 113 cm³/mol. The maximum absolute atomic E-state index is 12.8. The van der Waals surface area contributed by atoms with E-state index in [0.717, 1.165) is 6.07 Å². The first-order chi connectivity index (χ1) is 14.5. The highest BCUT2D eigenvalue weighted by Crippen LogP contribution is 2.35. The minimum absolute atomic E-state index is 0.226.